The van der Waals surface area contributed by atoms with Gasteiger partial charge in [0.1, 0.15) is 0 Å². The Bertz CT molecular complexity index is 117. The van der Waals surface area contributed by atoms with E-state index in [1.165, 1.54) is 26.4 Å². The van der Waals surface area contributed by atoms with E-state index < -0.39 is 0 Å². The summed E-state index contributed by atoms with van der Waals surface area (Å²) in [7, 11) is 1.31. The number of ether oxygens (including phenoxy) is 1. The van der Waals surface area contributed by atoms with Crippen LogP contribution in [0.25, 0.3) is 0 Å². The maximum absolute atomic E-state index is 9.12. The predicted octanol–water partition coefficient (Wildman–Crippen LogP) is 1.74. The molecule has 3 heteroatoms. The highest BCUT2D eigenvalue weighted by molar-refractivity contribution is 5.36. The molecule has 0 aromatic heterocycles. The molecular weight excluding hydrogens is 168 g/mol. The molecule has 0 spiro atoms. The van der Waals surface area contributed by atoms with E-state index in [4.69, 9.17) is 9.90 Å². The molecule has 3 nitrogen and oxygen atoms in total. The average Bonchev–Trinajstić information content (AvgIpc) is 2.19. The number of methoxy groups -OCH3 is 1. The van der Waals surface area contributed by atoms with E-state index >= 15 is 0 Å². The lowest BCUT2D eigenvalue weighted by atomic mass is 9.86. The molecule has 0 heterocycles. The molecule has 0 aromatic rings. The first-order chi connectivity index (χ1) is 6.24. The Kier molecular flexibility index (Phi) is 7.69. The highest BCUT2D eigenvalue weighted by Gasteiger charge is 2.16. The quantitative estimate of drug-likeness (QED) is 0.671. The molecule has 0 atom stereocenters. The second kappa shape index (κ2) is 8.05. The average molecular weight is 188 g/mol. The topological polar surface area (TPSA) is 46.5 Å². The van der Waals surface area contributed by atoms with Gasteiger partial charge in [-0.25, -0.2) is 0 Å². The number of carbonyl (C=O) groups is 1. The lowest BCUT2D eigenvalue weighted by molar-refractivity contribution is -0.126. The molecular formula is C10H20O3. The summed E-state index contributed by atoms with van der Waals surface area (Å²) in [4.78, 5) is 8.95. The Morgan fingerprint density at radius 1 is 1.38 bits per heavy atom. The molecule has 0 aliphatic heterocycles. The van der Waals surface area contributed by atoms with Crippen LogP contribution in [0.1, 0.15) is 39.0 Å². The lowest BCUT2D eigenvalue weighted by Crippen LogP contribution is -2.17. The molecule has 78 valence electrons. The van der Waals surface area contributed by atoms with Gasteiger partial charge < -0.3 is 9.84 Å². The summed E-state index contributed by atoms with van der Waals surface area (Å²) in [6.45, 7) is 2.61. The van der Waals surface area contributed by atoms with Crippen molar-refractivity contribution >= 4 is 6.47 Å². The van der Waals surface area contributed by atoms with Gasteiger partial charge in [-0.3, -0.25) is 4.79 Å². The highest BCUT2D eigenvalue weighted by Crippen LogP contribution is 2.25. The zero-order valence-corrected chi connectivity index (χ0v) is 8.53. The predicted molar refractivity (Wildman–Crippen MR) is 51.3 cm³/mol. The molecule has 0 unspecified atom stereocenters. The number of aliphatic hydroxyl groups excluding tert-OH is 1. The second-order valence-corrected chi connectivity index (χ2v) is 3.41. The van der Waals surface area contributed by atoms with Crippen LogP contribution in [0.4, 0.5) is 0 Å². The second-order valence-electron chi connectivity index (χ2n) is 3.41. The van der Waals surface area contributed by atoms with Crippen LogP contribution in [0, 0.1) is 5.92 Å². The molecule has 1 fully saturated rings. The van der Waals surface area contributed by atoms with E-state index in [2.05, 4.69) is 11.7 Å². The summed E-state index contributed by atoms with van der Waals surface area (Å²) in [6.07, 6.45) is 5.90. The Morgan fingerprint density at radius 3 is 2.15 bits per heavy atom. The van der Waals surface area contributed by atoms with Gasteiger partial charge in [-0.15, -0.1) is 0 Å². The van der Waals surface area contributed by atoms with Gasteiger partial charge in [-0.2, -0.15) is 0 Å². The zero-order chi connectivity index (χ0) is 10.1. The summed E-state index contributed by atoms with van der Waals surface area (Å²) in [5.74, 6) is 0.911. The van der Waals surface area contributed by atoms with Gasteiger partial charge in [0.25, 0.3) is 6.47 Å². The van der Waals surface area contributed by atoms with Crippen LogP contribution in [0.15, 0.2) is 0 Å². The van der Waals surface area contributed by atoms with Crippen molar-refractivity contribution < 1.29 is 14.6 Å². The van der Waals surface area contributed by atoms with Crippen molar-refractivity contribution in [3.05, 3.63) is 0 Å². The Labute approximate surface area is 80.1 Å². The molecule has 1 rings (SSSR count). The summed E-state index contributed by atoms with van der Waals surface area (Å²) in [5, 5.41) is 9.12. The third-order valence-electron chi connectivity index (χ3n) is 2.49. The van der Waals surface area contributed by atoms with Crippen LogP contribution in [0.3, 0.4) is 0 Å². The normalized spacial score (nSPS) is 27.0. The number of aliphatic hydroxyl groups is 1. The molecule has 1 saturated carbocycles. The van der Waals surface area contributed by atoms with Crippen LogP contribution in [0.5, 0.6) is 0 Å². The van der Waals surface area contributed by atoms with Gasteiger partial charge in [0.05, 0.1) is 13.2 Å². The van der Waals surface area contributed by atoms with Gasteiger partial charge in [-0.1, -0.05) is 13.3 Å². The van der Waals surface area contributed by atoms with Crippen molar-refractivity contribution in [1.82, 2.24) is 0 Å². The first-order valence-electron chi connectivity index (χ1n) is 4.89. The number of carbonyl (C=O) groups excluding carboxylic acids is 1. The molecule has 1 aliphatic rings. The van der Waals surface area contributed by atoms with Gasteiger partial charge in [-0.05, 0) is 31.6 Å². The van der Waals surface area contributed by atoms with Gasteiger partial charge in [0.15, 0.2) is 0 Å². The largest absolute Gasteiger partial charge is 0.471 e. The van der Waals surface area contributed by atoms with Gasteiger partial charge >= 0.3 is 0 Å². The monoisotopic (exact) mass is 188 g/mol. The van der Waals surface area contributed by atoms with Crippen LogP contribution in [0.2, 0.25) is 0 Å². The van der Waals surface area contributed by atoms with Crippen molar-refractivity contribution in [3.8, 4) is 0 Å². The first kappa shape index (κ1) is 12.4. The third-order valence-corrected chi connectivity index (χ3v) is 2.49. The molecule has 0 bridgehead atoms. The minimum absolute atomic E-state index is 0.0211. The van der Waals surface area contributed by atoms with E-state index in [1.54, 1.807) is 0 Å². The van der Waals surface area contributed by atoms with Crippen LogP contribution in [-0.2, 0) is 9.53 Å². The van der Waals surface area contributed by atoms with Crippen LogP contribution >= 0.6 is 0 Å². The minimum atomic E-state index is 0.0211. The van der Waals surface area contributed by atoms with Crippen molar-refractivity contribution in [3.63, 3.8) is 0 Å². The molecule has 0 radical (unpaired) electrons. The molecule has 1 aliphatic carbocycles. The fourth-order valence-corrected chi connectivity index (χ4v) is 1.55. The zero-order valence-electron chi connectivity index (χ0n) is 8.53. The van der Waals surface area contributed by atoms with E-state index in [0.29, 0.717) is 6.47 Å². The summed E-state index contributed by atoms with van der Waals surface area (Å²) < 4.78 is 3.86. The third kappa shape index (κ3) is 6.58. The minimum Gasteiger partial charge on any atom is -0.471 e. The Morgan fingerprint density at radius 2 is 1.85 bits per heavy atom. The summed E-state index contributed by atoms with van der Waals surface area (Å²) in [6, 6.07) is 0. The van der Waals surface area contributed by atoms with Crippen molar-refractivity contribution in [2.45, 2.75) is 45.1 Å². The Balaban J connectivity index is 0.000000310. The van der Waals surface area contributed by atoms with Crippen LogP contribution in [-0.4, -0.2) is 24.8 Å². The van der Waals surface area contributed by atoms with Crippen molar-refractivity contribution in [2.75, 3.05) is 7.11 Å². The lowest BCUT2D eigenvalue weighted by Gasteiger charge is -2.23. The standard InChI is InChI=1S/C8H16O.C2H4O2/c1-2-7-3-5-8(9)6-4-7;1-4-2-3/h7-9H,2-6H2,1H3;2H,1H3. The van der Waals surface area contributed by atoms with Crippen molar-refractivity contribution in [1.29, 1.82) is 0 Å². The molecule has 0 saturated heterocycles. The fourth-order valence-electron chi connectivity index (χ4n) is 1.55. The van der Waals surface area contributed by atoms with Crippen LogP contribution < -0.4 is 0 Å². The SMILES string of the molecule is CCC1CCC(O)CC1.COC=O. The smallest absolute Gasteiger partial charge is 0.292 e. The highest BCUT2D eigenvalue weighted by atomic mass is 16.5. The maximum Gasteiger partial charge on any atom is 0.292 e. The van der Waals surface area contributed by atoms with Gasteiger partial charge in [0, 0.05) is 0 Å². The van der Waals surface area contributed by atoms with E-state index in [1.807, 2.05) is 0 Å². The molecule has 0 amide bonds. The molecule has 0 aromatic carbocycles. The number of hydrogen-bond acceptors (Lipinski definition) is 3. The van der Waals surface area contributed by atoms with E-state index in [0.717, 1.165) is 18.8 Å². The number of hydrogen-bond donors (Lipinski definition) is 1. The molecule has 1 N–H and O–H groups in total. The number of rotatable bonds is 2. The first-order valence-corrected chi connectivity index (χ1v) is 4.89. The summed E-state index contributed by atoms with van der Waals surface area (Å²) >= 11 is 0. The molecule has 13 heavy (non-hydrogen) atoms. The maximum atomic E-state index is 9.12. The van der Waals surface area contributed by atoms with E-state index in [-0.39, 0.29) is 6.10 Å². The van der Waals surface area contributed by atoms with Gasteiger partial charge in [0.2, 0.25) is 0 Å². The van der Waals surface area contributed by atoms with E-state index in [9.17, 15) is 0 Å². The fraction of sp³-hybridized carbons (Fsp3) is 0.900. The summed E-state index contributed by atoms with van der Waals surface area (Å²) in [5.41, 5.74) is 0. The Hall–Kier alpha value is -0.570. The van der Waals surface area contributed by atoms with Crippen molar-refractivity contribution in [2.24, 2.45) is 5.92 Å².